The lowest BCUT2D eigenvalue weighted by molar-refractivity contribution is -0.289. The minimum absolute atomic E-state index is 0.164. The van der Waals surface area contributed by atoms with Gasteiger partial charge in [-0.1, -0.05) is 30.3 Å². The predicted molar refractivity (Wildman–Crippen MR) is 66.1 cm³/mol. The summed E-state index contributed by atoms with van der Waals surface area (Å²) in [6.45, 7) is 0. The summed E-state index contributed by atoms with van der Waals surface area (Å²) in [5.41, 5.74) is -0.330. The van der Waals surface area contributed by atoms with Gasteiger partial charge in [0.15, 0.2) is 0 Å². The van der Waals surface area contributed by atoms with Crippen LogP contribution in [0.3, 0.4) is 0 Å². The van der Waals surface area contributed by atoms with Crippen LogP contribution in [0.1, 0.15) is 5.56 Å². The number of para-hydroxylation sites is 1. The Kier molecular flexibility index (Phi) is 3.65. The largest absolute Gasteiger partial charge is 0.458 e. The van der Waals surface area contributed by atoms with Gasteiger partial charge < -0.3 is 5.32 Å². The van der Waals surface area contributed by atoms with E-state index in [1.165, 1.54) is 6.07 Å². The first-order valence-electron chi connectivity index (χ1n) is 5.68. The molecule has 0 saturated heterocycles. The molecule has 6 heteroatoms. The first kappa shape index (κ1) is 14.3. The molecule has 0 radical (unpaired) electrons. The molecule has 0 heterocycles. The van der Waals surface area contributed by atoms with Crippen molar-refractivity contribution in [3.8, 4) is 0 Å². The molecule has 0 aliphatic heterocycles. The van der Waals surface area contributed by atoms with Crippen LogP contribution in [0.5, 0.6) is 0 Å². The number of rotatable bonds is 3. The van der Waals surface area contributed by atoms with Gasteiger partial charge in [-0.15, -0.1) is 0 Å². The van der Waals surface area contributed by atoms with E-state index in [4.69, 9.17) is 0 Å². The van der Waals surface area contributed by atoms with Crippen LogP contribution < -0.4 is 5.32 Å². The van der Waals surface area contributed by atoms with Gasteiger partial charge in [0.25, 0.3) is 0 Å². The number of benzene rings is 2. The highest BCUT2D eigenvalue weighted by Gasteiger charge is 2.58. The van der Waals surface area contributed by atoms with E-state index >= 15 is 0 Å². The topological polar surface area (TPSA) is 12.0 Å². The van der Waals surface area contributed by atoms with Gasteiger partial charge in [-0.2, -0.15) is 22.0 Å². The zero-order valence-electron chi connectivity index (χ0n) is 10.1. The van der Waals surface area contributed by atoms with Crippen molar-refractivity contribution in [3.05, 3.63) is 60.2 Å². The van der Waals surface area contributed by atoms with E-state index in [0.717, 1.165) is 18.2 Å². The Morgan fingerprint density at radius 2 is 1.30 bits per heavy atom. The lowest BCUT2D eigenvalue weighted by Crippen LogP contribution is -2.33. The maximum atomic E-state index is 13.2. The number of anilines is 2. The average molecular weight is 287 g/mol. The number of hydrogen-bond donors (Lipinski definition) is 1. The van der Waals surface area contributed by atoms with Crippen molar-refractivity contribution < 1.29 is 22.0 Å². The Hall–Kier alpha value is -2.11. The zero-order chi connectivity index (χ0) is 14.8. The van der Waals surface area contributed by atoms with Crippen molar-refractivity contribution in [2.24, 2.45) is 0 Å². The van der Waals surface area contributed by atoms with Gasteiger partial charge in [0, 0.05) is 16.9 Å². The summed E-state index contributed by atoms with van der Waals surface area (Å²) in [6, 6.07) is 12.7. The van der Waals surface area contributed by atoms with E-state index in [2.05, 4.69) is 5.32 Å². The number of nitrogens with one attached hydrogen (secondary N) is 1. The maximum absolute atomic E-state index is 13.2. The summed E-state index contributed by atoms with van der Waals surface area (Å²) < 4.78 is 63.4. The Morgan fingerprint density at radius 3 is 1.90 bits per heavy atom. The molecule has 0 aliphatic carbocycles. The molecule has 20 heavy (non-hydrogen) atoms. The smallest absolute Gasteiger partial charge is 0.356 e. The first-order chi connectivity index (χ1) is 9.30. The van der Waals surface area contributed by atoms with Gasteiger partial charge in [-0.3, -0.25) is 0 Å². The van der Waals surface area contributed by atoms with E-state index in [9.17, 15) is 22.0 Å². The van der Waals surface area contributed by atoms with E-state index in [1.807, 2.05) is 0 Å². The normalized spacial score (nSPS) is 12.2. The van der Waals surface area contributed by atoms with Crippen molar-refractivity contribution in [3.63, 3.8) is 0 Å². The predicted octanol–water partition coefficient (Wildman–Crippen LogP) is 5.08. The van der Waals surface area contributed by atoms with Crippen LogP contribution in [0.4, 0.5) is 33.3 Å². The third kappa shape index (κ3) is 2.89. The number of hydrogen-bond acceptors (Lipinski definition) is 1. The summed E-state index contributed by atoms with van der Waals surface area (Å²) in [5, 5.41) is 2.77. The maximum Gasteiger partial charge on any atom is 0.458 e. The van der Waals surface area contributed by atoms with E-state index in [1.54, 1.807) is 30.3 Å². The Balaban J connectivity index is 2.29. The quantitative estimate of drug-likeness (QED) is 0.776. The molecule has 106 valence electrons. The van der Waals surface area contributed by atoms with Gasteiger partial charge >= 0.3 is 12.1 Å². The van der Waals surface area contributed by atoms with Crippen LogP contribution >= 0.6 is 0 Å². The fraction of sp³-hybridized carbons (Fsp3) is 0.143. The molecule has 1 nitrogen and oxygen atoms in total. The van der Waals surface area contributed by atoms with Crippen molar-refractivity contribution in [1.82, 2.24) is 0 Å². The monoisotopic (exact) mass is 287 g/mol. The molecule has 0 atom stereocenters. The van der Waals surface area contributed by atoms with E-state index < -0.39 is 17.7 Å². The molecule has 2 aromatic rings. The minimum atomic E-state index is -5.61. The SMILES string of the molecule is FC(F)(F)C(F)(F)c1cccc(Nc2ccccc2)c1. The summed E-state index contributed by atoms with van der Waals surface area (Å²) in [6.07, 6.45) is -5.61. The summed E-state index contributed by atoms with van der Waals surface area (Å²) in [5.74, 6) is -4.87. The molecule has 2 rings (SSSR count). The highest BCUT2D eigenvalue weighted by atomic mass is 19.4. The Bertz CT molecular complexity index is 578. The molecule has 0 fully saturated rings. The lowest BCUT2D eigenvalue weighted by Gasteiger charge is -2.20. The molecule has 0 saturated carbocycles. The molecule has 0 amide bonds. The second-order valence-electron chi connectivity index (χ2n) is 4.14. The van der Waals surface area contributed by atoms with Crippen molar-refractivity contribution in [2.75, 3.05) is 5.32 Å². The lowest BCUT2D eigenvalue weighted by atomic mass is 10.1. The van der Waals surface area contributed by atoms with Gasteiger partial charge in [0.05, 0.1) is 0 Å². The van der Waals surface area contributed by atoms with E-state index in [-0.39, 0.29) is 5.69 Å². The van der Waals surface area contributed by atoms with Crippen LogP contribution in [0.25, 0.3) is 0 Å². The third-order valence-electron chi connectivity index (χ3n) is 2.64. The third-order valence-corrected chi connectivity index (χ3v) is 2.64. The van der Waals surface area contributed by atoms with Crippen LogP contribution in [-0.4, -0.2) is 6.18 Å². The van der Waals surface area contributed by atoms with Crippen molar-refractivity contribution in [2.45, 2.75) is 12.1 Å². The van der Waals surface area contributed by atoms with Gasteiger partial charge in [0.2, 0.25) is 0 Å². The Morgan fingerprint density at radius 1 is 0.700 bits per heavy atom. The highest BCUT2D eigenvalue weighted by molar-refractivity contribution is 5.60. The van der Waals surface area contributed by atoms with E-state index in [0.29, 0.717) is 5.69 Å². The summed E-state index contributed by atoms with van der Waals surface area (Å²) in [7, 11) is 0. The average Bonchev–Trinajstić information content (AvgIpc) is 2.39. The molecule has 0 aromatic heterocycles. The summed E-state index contributed by atoms with van der Waals surface area (Å²) in [4.78, 5) is 0. The molecule has 0 bridgehead atoms. The van der Waals surface area contributed by atoms with Crippen LogP contribution in [0, 0.1) is 0 Å². The van der Waals surface area contributed by atoms with Crippen molar-refractivity contribution >= 4 is 11.4 Å². The standard InChI is InChI=1S/C14H10F5N/c15-13(16,14(17,18)19)10-5-4-8-12(9-10)20-11-6-2-1-3-7-11/h1-9,20H. The van der Waals surface area contributed by atoms with Crippen LogP contribution in [-0.2, 0) is 5.92 Å². The Labute approximate surface area is 112 Å². The molecule has 0 aliphatic rings. The van der Waals surface area contributed by atoms with Gasteiger partial charge in [-0.25, -0.2) is 0 Å². The summed E-state index contributed by atoms with van der Waals surface area (Å²) >= 11 is 0. The molecule has 1 N–H and O–H groups in total. The molecular formula is C14H10F5N. The van der Waals surface area contributed by atoms with Gasteiger partial charge in [-0.05, 0) is 24.3 Å². The van der Waals surface area contributed by atoms with Crippen LogP contribution in [0.15, 0.2) is 54.6 Å². The highest BCUT2D eigenvalue weighted by Crippen LogP contribution is 2.44. The fourth-order valence-electron chi connectivity index (χ4n) is 1.64. The van der Waals surface area contributed by atoms with Gasteiger partial charge in [0.1, 0.15) is 0 Å². The number of alkyl halides is 5. The fourth-order valence-corrected chi connectivity index (χ4v) is 1.64. The first-order valence-corrected chi connectivity index (χ1v) is 5.68. The molecule has 0 spiro atoms. The second kappa shape index (κ2) is 5.11. The zero-order valence-corrected chi connectivity index (χ0v) is 10.1. The molecular weight excluding hydrogens is 277 g/mol. The minimum Gasteiger partial charge on any atom is -0.356 e. The molecule has 2 aromatic carbocycles. The van der Waals surface area contributed by atoms with Crippen LogP contribution in [0.2, 0.25) is 0 Å². The molecule has 0 unspecified atom stereocenters. The van der Waals surface area contributed by atoms with Crippen molar-refractivity contribution in [1.29, 1.82) is 0 Å². The second-order valence-corrected chi connectivity index (χ2v) is 4.14. The number of halogens is 5.